The minimum absolute atomic E-state index is 0.0560. The molecule has 0 spiro atoms. The van der Waals surface area contributed by atoms with Crippen LogP contribution in [-0.2, 0) is 11.3 Å². The maximum absolute atomic E-state index is 12.7. The summed E-state index contributed by atoms with van der Waals surface area (Å²) in [7, 11) is 0. The van der Waals surface area contributed by atoms with Gasteiger partial charge in [-0.15, -0.1) is 21.5 Å². The van der Waals surface area contributed by atoms with Crippen molar-refractivity contribution in [3.63, 3.8) is 0 Å². The summed E-state index contributed by atoms with van der Waals surface area (Å²) in [6.45, 7) is 0.291. The highest BCUT2D eigenvalue weighted by atomic mass is 79.9. The third-order valence-corrected chi connectivity index (χ3v) is 6.05. The first kappa shape index (κ1) is 18.4. The molecule has 1 aliphatic carbocycles. The summed E-state index contributed by atoms with van der Waals surface area (Å²) in [6.07, 6.45) is 5.42. The fourth-order valence-corrected chi connectivity index (χ4v) is 4.19. The fraction of sp³-hybridized carbons (Fsp3) is 0.211. The zero-order chi connectivity index (χ0) is 18.8. The topological polar surface area (TPSA) is 59.2 Å². The van der Waals surface area contributed by atoms with Gasteiger partial charge in [0.25, 0.3) is 0 Å². The molecule has 0 radical (unpaired) electrons. The molecule has 138 valence electrons. The first-order chi connectivity index (χ1) is 13.1. The van der Waals surface area contributed by atoms with Crippen LogP contribution >= 0.6 is 38.9 Å². The van der Waals surface area contributed by atoms with Gasteiger partial charge in [0.2, 0.25) is 17.7 Å². The Bertz CT molecular complexity index is 996. The number of benzene rings is 1. The van der Waals surface area contributed by atoms with Gasteiger partial charge in [-0.2, -0.15) is 0 Å². The summed E-state index contributed by atoms with van der Waals surface area (Å²) >= 11 is 11.2. The predicted molar refractivity (Wildman–Crippen MR) is 109 cm³/mol. The quantitative estimate of drug-likeness (QED) is 0.457. The number of hydrogen-bond donors (Lipinski definition) is 0. The van der Waals surface area contributed by atoms with Gasteiger partial charge < -0.3 is 9.32 Å². The molecule has 1 amide bonds. The SMILES string of the molecule is O=C(/C=C/c1ccc(Br)s1)N(Cc1nnc(-c2ccccc2Cl)o1)C1CC1. The molecule has 0 aliphatic heterocycles. The minimum Gasteiger partial charge on any atom is -0.419 e. The van der Waals surface area contributed by atoms with E-state index in [0.29, 0.717) is 28.9 Å². The smallest absolute Gasteiger partial charge is 0.249 e. The number of thiophene rings is 1. The van der Waals surface area contributed by atoms with Crippen LogP contribution in [0.5, 0.6) is 0 Å². The van der Waals surface area contributed by atoms with E-state index in [0.717, 1.165) is 21.5 Å². The molecule has 27 heavy (non-hydrogen) atoms. The van der Waals surface area contributed by atoms with Gasteiger partial charge in [0.1, 0.15) is 0 Å². The van der Waals surface area contributed by atoms with Crippen LogP contribution in [-0.4, -0.2) is 27.0 Å². The van der Waals surface area contributed by atoms with Crippen molar-refractivity contribution in [3.8, 4) is 11.5 Å². The molecule has 1 fully saturated rings. The lowest BCUT2D eigenvalue weighted by Crippen LogP contribution is -2.31. The Hall–Kier alpha value is -1.96. The third-order valence-electron chi connectivity index (χ3n) is 4.13. The van der Waals surface area contributed by atoms with Crippen LogP contribution in [0.1, 0.15) is 23.6 Å². The summed E-state index contributed by atoms with van der Waals surface area (Å²) in [5.41, 5.74) is 0.686. The van der Waals surface area contributed by atoms with E-state index in [4.69, 9.17) is 16.0 Å². The fourth-order valence-electron chi connectivity index (χ4n) is 2.65. The maximum atomic E-state index is 12.7. The number of carbonyl (C=O) groups is 1. The molecule has 0 atom stereocenters. The zero-order valence-electron chi connectivity index (χ0n) is 14.1. The Balaban J connectivity index is 1.48. The van der Waals surface area contributed by atoms with Crippen molar-refractivity contribution in [1.82, 2.24) is 15.1 Å². The van der Waals surface area contributed by atoms with E-state index >= 15 is 0 Å². The first-order valence-corrected chi connectivity index (χ1v) is 10.4. The summed E-state index contributed by atoms with van der Waals surface area (Å²) < 4.78 is 6.78. The number of nitrogens with zero attached hydrogens (tertiary/aromatic N) is 3. The molecule has 1 aliphatic rings. The van der Waals surface area contributed by atoms with Crippen molar-refractivity contribution < 1.29 is 9.21 Å². The molecule has 1 aromatic carbocycles. The Morgan fingerprint density at radius 1 is 1.30 bits per heavy atom. The molecular weight excluding hydrogens is 450 g/mol. The van der Waals surface area contributed by atoms with Gasteiger partial charge >= 0.3 is 0 Å². The second kappa shape index (κ2) is 7.96. The van der Waals surface area contributed by atoms with Gasteiger partial charge in [-0.1, -0.05) is 23.7 Å². The van der Waals surface area contributed by atoms with Gasteiger partial charge in [-0.25, -0.2) is 0 Å². The Morgan fingerprint density at radius 3 is 2.81 bits per heavy atom. The third kappa shape index (κ3) is 4.48. The van der Waals surface area contributed by atoms with E-state index in [1.54, 1.807) is 28.4 Å². The monoisotopic (exact) mass is 463 g/mol. The van der Waals surface area contributed by atoms with E-state index in [2.05, 4.69) is 26.1 Å². The van der Waals surface area contributed by atoms with Gasteiger partial charge in [-0.3, -0.25) is 4.79 Å². The highest BCUT2D eigenvalue weighted by Crippen LogP contribution is 2.30. The summed E-state index contributed by atoms with van der Waals surface area (Å²) in [4.78, 5) is 15.5. The molecule has 1 saturated carbocycles. The number of hydrogen-bond acceptors (Lipinski definition) is 5. The summed E-state index contributed by atoms with van der Waals surface area (Å²) in [6, 6.07) is 11.5. The average Bonchev–Trinajstić information content (AvgIpc) is 3.25. The number of halogens is 2. The van der Waals surface area contributed by atoms with Gasteiger partial charge in [0, 0.05) is 17.0 Å². The Labute approximate surface area is 173 Å². The number of amides is 1. The summed E-state index contributed by atoms with van der Waals surface area (Å²) in [5, 5.41) is 8.71. The van der Waals surface area contributed by atoms with E-state index in [1.807, 2.05) is 36.4 Å². The number of carbonyl (C=O) groups excluding carboxylic acids is 1. The molecule has 4 rings (SSSR count). The highest BCUT2D eigenvalue weighted by Gasteiger charge is 2.32. The molecule has 2 aromatic heterocycles. The molecule has 0 bridgehead atoms. The van der Waals surface area contributed by atoms with E-state index in [-0.39, 0.29) is 11.9 Å². The van der Waals surface area contributed by atoms with E-state index in [9.17, 15) is 4.79 Å². The van der Waals surface area contributed by atoms with Crippen LogP contribution in [0.3, 0.4) is 0 Å². The number of aromatic nitrogens is 2. The molecule has 0 unspecified atom stereocenters. The molecule has 3 aromatic rings. The summed E-state index contributed by atoms with van der Waals surface area (Å²) in [5.74, 6) is 0.703. The first-order valence-electron chi connectivity index (χ1n) is 8.41. The zero-order valence-corrected chi connectivity index (χ0v) is 17.3. The largest absolute Gasteiger partial charge is 0.419 e. The Morgan fingerprint density at radius 2 is 2.11 bits per heavy atom. The van der Waals surface area contributed by atoms with Gasteiger partial charge in [0.05, 0.1) is 20.9 Å². The molecule has 8 heteroatoms. The molecule has 2 heterocycles. The van der Waals surface area contributed by atoms with Crippen LogP contribution in [0.2, 0.25) is 5.02 Å². The van der Waals surface area contributed by atoms with Gasteiger partial charge in [0.15, 0.2) is 0 Å². The average molecular weight is 465 g/mol. The Kier molecular flexibility index (Phi) is 5.43. The maximum Gasteiger partial charge on any atom is 0.249 e. The molecular formula is C19H15BrClN3O2S. The standard InChI is InChI=1S/C19H15BrClN3O2S/c20-16-9-7-13(27-16)8-10-18(25)24(12-5-6-12)11-17-22-23-19(26-17)14-3-1-2-4-15(14)21/h1-4,7-10,12H,5-6,11H2/b10-8+. The van der Waals surface area contributed by atoms with Crippen molar-refractivity contribution in [2.24, 2.45) is 0 Å². The number of rotatable bonds is 6. The highest BCUT2D eigenvalue weighted by molar-refractivity contribution is 9.11. The van der Waals surface area contributed by atoms with Crippen molar-refractivity contribution in [2.45, 2.75) is 25.4 Å². The van der Waals surface area contributed by atoms with Crippen LogP contribution in [0.4, 0.5) is 0 Å². The van der Waals surface area contributed by atoms with Gasteiger partial charge in [-0.05, 0) is 59.1 Å². The molecule has 0 N–H and O–H groups in total. The lowest BCUT2D eigenvalue weighted by molar-refractivity contribution is -0.127. The van der Waals surface area contributed by atoms with Crippen molar-refractivity contribution in [3.05, 3.63) is 62.1 Å². The normalized spacial score (nSPS) is 14.0. The van der Waals surface area contributed by atoms with Crippen molar-refractivity contribution >= 4 is 50.9 Å². The van der Waals surface area contributed by atoms with Crippen LogP contribution < -0.4 is 0 Å². The van der Waals surface area contributed by atoms with Crippen LogP contribution in [0.15, 0.2) is 50.7 Å². The van der Waals surface area contributed by atoms with Crippen LogP contribution in [0.25, 0.3) is 17.5 Å². The second-order valence-corrected chi connectivity index (χ2v) is 9.06. The lowest BCUT2D eigenvalue weighted by atomic mass is 10.2. The minimum atomic E-state index is -0.0560. The van der Waals surface area contributed by atoms with E-state index in [1.165, 1.54) is 0 Å². The second-order valence-electron chi connectivity index (χ2n) is 6.15. The van der Waals surface area contributed by atoms with Crippen LogP contribution in [0, 0.1) is 0 Å². The predicted octanol–water partition coefficient (Wildman–Crippen LogP) is 5.42. The van der Waals surface area contributed by atoms with Crippen molar-refractivity contribution in [2.75, 3.05) is 0 Å². The van der Waals surface area contributed by atoms with E-state index < -0.39 is 0 Å². The molecule has 5 nitrogen and oxygen atoms in total. The van der Waals surface area contributed by atoms with Crippen molar-refractivity contribution in [1.29, 1.82) is 0 Å². The lowest BCUT2D eigenvalue weighted by Gasteiger charge is -2.18. The molecule has 0 saturated heterocycles.